The molecule has 0 aliphatic rings. The molecule has 2 aromatic rings. The van der Waals surface area contributed by atoms with Crippen molar-refractivity contribution in [3.8, 4) is 11.5 Å². The molecule has 0 heterocycles. The summed E-state index contributed by atoms with van der Waals surface area (Å²) in [6, 6.07) is 11.3. The van der Waals surface area contributed by atoms with E-state index in [1.807, 2.05) is 24.3 Å². The molecular formula is C20H22Br2N2O4. The van der Waals surface area contributed by atoms with Crippen molar-refractivity contribution >= 4 is 43.7 Å². The highest BCUT2D eigenvalue weighted by molar-refractivity contribution is 9.10. The molecule has 0 saturated heterocycles. The summed E-state index contributed by atoms with van der Waals surface area (Å²) in [5.74, 6) is 0.159. The lowest BCUT2D eigenvalue weighted by molar-refractivity contribution is -0.131. The quantitative estimate of drug-likeness (QED) is 0.524. The summed E-state index contributed by atoms with van der Waals surface area (Å²) in [4.78, 5) is 23.7. The van der Waals surface area contributed by atoms with E-state index in [9.17, 15) is 9.59 Å². The van der Waals surface area contributed by atoms with Crippen LogP contribution in [0.3, 0.4) is 0 Å². The number of rotatable bonds is 8. The van der Waals surface area contributed by atoms with Crippen molar-refractivity contribution in [3.63, 3.8) is 0 Å². The van der Waals surface area contributed by atoms with Crippen LogP contribution in [0.5, 0.6) is 11.5 Å². The monoisotopic (exact) mass is 512 g/mol. The van der Waals surface area contributed by atoms with Crippen molar-refractivity contribution in [2.24, 2.45) is 0 Å². The normalized spacial score (nSPS) is 10.3. The number of hydrazine groups is 1. The van der Waals surface area contributed by atoms with Gasteiger partial charge in [0.15, 0.2) is 13.2 Å². The minimum absolute atomic E-state index is 0.227. The van der Waals surface area contributed by atoms with Gasteiger partial charge in [0.1, 0.15) is 11.5 Å². The molecule has 0 aromatic heterocycles. The maximum absolute atomic E-state index is 11.8. The Kier molecular flexibility index (Phi) is 8.79. The fraction of sp³-hybridized carbons (Fsp3) is 0.300. The van der Waals surface area contributed by atoms with E-state index in [0.717, 1.165) is 32.9 Å². The topological polar surface area (TPSA) is 76.7 Å². The van der Waals surface area contributed by atoms with Gasteiger partial charge in [-0.15, -0.1) is 0 Å². The van der Waals surface area contributed by atoms with Crippen molar-refractivity contribution in [2.75, 3.05) is 13.2 Å². The zero-order chi connectivity index (χ0) is 20.5. The van der Waals surface area contributed by atoms with Crippen LogP contribution in [0.4, 0.5) is 0 Å². The van der Waals surface area contributed by atoms with Crippen molar-refractivity contribution in [3.05, 3.63) is 56.5 Å². The summed E-state index contributed by atoms with van der Waals surface area (Å²) < 4.78 is 12.4. The van der Waals surface area contributed by atoms with Gasteiger partial charge < -0.3 is 9.47 Å². The van der Waals surface area contributed by atoms with Crippen LogP contribution < -0.4 is 20.3 Å². The summed E-state index contributed by atoms with van der Waals surface area (Å²) in [5, 5.41) is 0. The van der Waals surface area contributed by atoms with E-state index in [-0.39, 0.29) is 13.2 Å². The molecule has 0 atom stereocenters. The number of ether oxygens (including phenoxy) is 2. The lowest BCUT2D eigenvalue weighted by Crippen LogP contribution is -2.45. The van der Waals surface area contributed by atoms with Crippen molar-refractivity contribution in [1.29, 1.82) is 0 Å². The Hall–Kier alpha value is -2.06. The summed E-state index contributed by atoms with van der Waals surface area (Å²) in [7, 11) is 0. The highest BCUT2D eigenvalue weighted by Crippen LogP contribution is 2.27. The zero-order valence-corrected chi connectivity index (χ0v) is 18.9. The maximum Gasteiger partial charge on any atom is 0.276 e. The molecule has 0 unspecified atom stereocenters. The minimum Gasteiger partial charge on any atom is -0.483 e. The van der Waals surface area contributed by atoms with Gasteiger partial charge in [0.25, 0.3) is 11.8 Å². The van der Waals surface area contributed by atoms with Gasteiger partial charge >= 0.3 is 0 Å². The molecule has 6 nitrogen and oxygen atoms in total. The predicted molar refractivity (Wildman–Crippen MR) is 114 cm³/mol. The average Bonchev–Trinajstić information content (AvgIpc) is 2.70. The van der Waals surface area contributed by atoms with Gasteiger partial charge in [-0.2, -0.15) is 0 Å². The summed E-state index contributed by atoms with van der Waals surface area (Å²) in [6.45, 7) is 3.66. The Morgan fingerprint density at radius 2 is 1.18 bits per heavy atom. The fourth-order valence-corrected chi connectivity index (χ4v) is 3.34. The van der Waals surface area contributed by atoms with E-state index in [2.05, 4.69) is 56.6 Å². The number of hydrogen-bond acceptors (Lipinski definition) is 4. The van der Waals surface area contributed by atoms with E-state index in [0.29, 0.717) is 11.5 Å². The number of amides is 2. The van der Waals surface area contributed by atoms with Gasteiger partial charge in [0.2, 0.25) is 0 Å². The predicted octanol–water partition coefficient (Wildman–Crippen LogP) is 3.94. The number of hydrogen-bond donors (Lipinski definition) is 2. The number of halogens is 2. The average molecular weight is 514 g/mol. The van der Waals surface area contributed by atoms with Gasteiger partial charge in [0.05, 0.1) is 8.95 Å². The van der Waals surface area contributed by atoms with Crippen LogP contribution in [0.15, 0.2) is 45.3 Å². The first kappa shape index (κ1) is 22.2. The Bertz CT molecular complexity index is 773. The molecule has 2 aromatic carbocycles. The standard InChI is InChI=1S/C20H22Br2N2O4/c1-3-13-5-7-17(15(21)9-13)27-11-19(25)23-24-20(26)12-28-18-8-6-14(4-2)10-16(18)22/h5-10H,3-4,11-12H2,1-2H3,(H,23,25)(H,24,26). The molecule has 0 spiro atoms. The molecule has 28 heavy (non-hydrogen) atoms. The zero-order valence-electron chi connectivity index (χ0n) is 15.7. The number of aryl methyl sites for hydroxylation is 2. The molecule has 150 valence electrons. The third-order valence-electron chi connectivity index (χ3n) is 3.87. The van der Waals surface area contributed by atoms with Crippen LogP contribution in [0.1, 0.15) is 25.0 Å². The molecule has 2 rings (SSSR count). The maximum atomic E-state index is 11.8. The fourth-order valence-electron chi connectivity index (χ4n) is 2.26. The second-order valence-corrected chi connectivity index (χ2v) is 7.62. The molecule has 8 heteroatoms. The van der Waals surface area contributed by atoms with E-state index in [4.69, 9.17) is 9.47 Å². The second kappa shape index (κ2) is 11.1. The van der Waals surface area contributed by atoms with Crippen molar-refractivity contribution < 1.29 is 19.1 Å². The van der Waals surface area contributed by atoms with Gasteiger partial charge in [-0.1, -0.05) is 26.0 Å². The highest BCUT2D eigenvalue weighted by atomic mass is 79.9. The molecule has 0 fully saturated rings. The molecule has 0 aliphatic heterocycles. The highest BCUT2D eigenvalue weighted by Gasteiger charge is 2.09. The van der Waals surface area contributed by atoms with Gasteiger partial charge in [0, 0.05) is 0 Å². The molecule has 0 aliphatic carbocycles. The van der Waals surface area contributed by atoms with Crippen LogP contribution in [-0.2, 0) is 22.4 Å². The first-order valence-electron chi connectivity index (χ1n) is 8.83. The lowest BCUT2D eigenvalue weighted by atomic mass is 10.2. The summed E-state index contributed by atoms with van der Waals surface area (Å²) >= 11 is 6.82. The number of carbonyl (C=O) groups excluding carboxylic acids is 2. The SMILES string of the molecule is CCc1ccc(OCC(=O)NNC(=O)COc2ccc(CC)cc2Br)c(Br)c1. The smallest absolute Gasteiger partial charge is 0.276 e. The van der Waals surface area contributed by atoms with Crippen molar-refractivity contribution in [1.82, 2.24) is 10.9 Å². The van der Waals surface area contributed by atoms with Crippen LogP contribution in [0.25, 0.3) is 0 Å². The Morgan fingerprint density at radius 1 is 0.786 bits per heavy atom. The van der Waals surface area contributed by atoms with Crippen LogP contribution in [0.2, 0.25) is 0 Å². The third kappa shape index (κ3) is 6.83. The number of benzene rings is 2. The first-order valence-corrected chi connectivity index (χ1v) is 10.4. The van der Waals surface area contributed by atoms with Crippen LogP contribution >= 0.6 is 31.9 Å². The molecular weight excluding hydrogens is 492 g/mol. The number of nitrogens with one attached hydrogen (secondary N) is 2. The van der Waals surface area contributed by atoms with Crippen LogP contribution in [0, 0.1) is 0 Å². The van der Waals surface area contributed by atoms with Gasteiger partial charge in [-0.25, -0.2) is 0 Å². The minimum atomic E-state index is -0.478. The van der Waals surface area contributed by atoms with E-state index in [1.165, 1.54) is 0 Å². The molecule has 2 N–H and O–H groups in total. The second-order valence-electron chi connectivity index (χ2n) is 5.91. The van der Waals surface area contributed by atoms with E-state index in [1.54, 1.807) is 12.1 Å². The molecule has 0 saturated carbocycles. The molecule has 0 radical (unpaired) electrons. The summed E-state index contributed by atoms with van der Waals surface area (Å²) in [5.41, 5.74) is 6.91. The Morgan fingerprint density at radius 3 is 1.50 bits per heavy atom. The largest absolute Gasteiger partial charge is 0.483 e. The molecule has 2 amide bonds. The molecule has 0 bridgehead atoms. The summed E-state index contributed by atoms with van der Waals surface area (Å²) in [6.07, 6.45) is 1.82. The van der Waals surface area contributed by atoms with Crippen LogP contribution in [-0.4, -0.2) is 25.0 Å². The lowest BCUT2D eigenvalue weighted by Gasteiger charge is -2.12. The van der Waals surface area contributed by atoms with Crippen molar-refractivity contribution in [2.45, 2.75) is 26.7 Å². The van der Waals surface area contributed by atoms with Gasteiger partial charge in [-0.05, 0) is 80.1 Å². The Balaban J connectivity index is 1.73. The third-order valence-corrected chi connectivity index (χ3v) is 5.11. The van der Waals surface area contributed by atoms with Gasteiger partial charge in [-0.3, -0.25) is 20.4 Å². The van der Waals surface area contributed by atoms with E-state index >= 15 is 0 Å². The number of carbonyl (C=O) groups is 2. The first-order chi connectivity index (χ1) is 13.4. The van der Waals surface area contributed by atoms with E-state index < -0.39 is 11.8 Å². The Labute approximate surface area is 181 Å².